The zero-order valence-electron chi connectivity index (χ0n) is 11.1. The van der Waals surface area contributed by atoms with Crippen LogP contribution in [0.1, 0.15) is 31.7 Å². The second kappa shape index (κ2) is 6.97. The third kappa shape index (κ3) is 4.40. The minimum Gasteiger partial charge on any atom is -0.378 e. The van der Waals surface area contributed by atoms with Gasteiger partial charge in [0.1, 0.15) is 5.75 Å². The second-order valence-corrected chi connectivity index (χ2v) is 6.09. The topological polar surface area (TPSA) is 43.4 Å². The van der Waals surface area contributed by atoms with E-state index >= 15 is 0 Å². The third-order valence-electron chi connectivity index (χ3n) is 2.69. The Morgan fingerprint density at radius 2 is 1.95 bits per heavy atom. The third-order valence-corrected chi connectivity index (χ3v) is 3.95. The van der Waals surface area contributed by atoms with Gasteiger partial charge in [0.2, 0.25) is 0 Å². The highest BCUT2D eigenvalue weighted by Gasteiger charge is 2.47. The van der Waals surface area contributed by atoms with Gasteiger partial charge in [0.15, 0.2) is 6.67 Å². The number of hydrogen-bond acceptors (Lipinski definition) is 3. The molecule has 114 valence electrons. The summed E-state index contributed by atoms with van der Waals surface area (Å²) < 4.78 is 64.5. The monoisotopic (exact) mass is 310 g/mol. The molecule has 0 aromatic heterocycles. The van der Waals surface area contributed by atoms with Crippen molar-refractivity contribution in [2.75, 3.05) is 6.67 Å². The van der Waals surface area contributed by atoms with Crippen molar-refractivity contribution in [2.24, 2.45) is 0 Å². The lowest BCUT2D eigenvalue weighted by molar-refractivity contribution is 0.0538. The predicted molar refractivity (Wildman–Crippen MR) is 70.1 cm³/mol. The summed E-state index contributed by atoms with van der Waals surface area (Å²) in [5, 5.41) is -4.54. The van der Waals surface area contributed by atoms with Crippen molar-refractivity contribution in [3.63, 3.8) is 0 Å². The van der Waals surface area contributed by atoms with E-state index in [1.54, 1.807) is 6.07 Å². The van der Waals surface area contributed by atoms with Gasteiger partial charge >= 0.3 is 15.4 Å². The van der Waals surface area contributed by atoms with E-state index in [1.807, 2.05) is 6.92 Å². The van der Waals surface area contributed by atoms with Crippen molar-refractivity contribution in [3.05, 3.63) is 29.8 Å². The zero-order valence-corrected chi connectivity index (χ0v) is 11.9. The van der Waals surface area contributed by atoms with Gasteiger partial charge in [0.25, 0.3) is 0 Å². The number of hydrogen-bond donors (Lipinski definition) is 0. The van der Waals surface area contributed by atoms with Crippen LogP contribution in [0.15, 0.2) is 24.3 Å². The molecule has 0 atom stereocenters. The van der Waals surface area contributed by atoms with Crippen molar-refractivity contribution in [2.45, 2.75) is 37.9 Å². The molecule has 0 aliphatic rings. The molecule has 0 bridgehead atoms. The fraction of sp³-hybridized carbons (Fsp3) is 0.538. The number of unbranched alkanes of at least 4 members (excludes halogenated alkanes) is 2. The molecule has 1 rings (SSSR count). The SMILES string of the molecule is CCCCCc1cccc(OS(=O)(=O)C(F)(F)CF)c1. The Morgan fingerprint density at radius 1 is 1.25 bits per heavy atom. The largest absolute Gasteiger partial charge is 0.407 e. The zero-order chi connectivity index (χ0) is 15.2. The molecule has 0 aliphatic heterocycles. The molecule has 7 heteroatoms. The number of rotatable bonds is 8. The fourth-order valence-electron chi connectivity index (χ4n) is 1.59. The maximum Gasteiger partial charge on any atom is 0.407 e. The summed E-state index contributed by atoms with van der Waals surface area (Å²) in [5.41, 5.74) is 0.787. The van der Waals surface area contributed by atoms with Crippen LogP contribution >= 0.6 is 0 Å². The van der Waals surface area contributed by atoms with Gasteiger partial charge in [-0.15, -0.1) is 0 Å². The first kappa shape index (κ1) is 16.8. The van der Waals surface area contributed by atoms with E-state index in [-0.39, 0.29) is 5.75 Å². The average molecular weight is 310 g/mol. The Kier molecular flexibility index (Phi) is 5.86. The standard InChI is InChI=1S/C13H17F3O3S/c1-2-3-4-6-11-7-5-8-12(9-11)19-20(17,18)13(15,16)10-14/h5,7-9H,2-4,6,10H2,1H3. The summed E-state index contributed by atoms with van der Waals surface area (Å²) in [6.45, 7) is -0.267. The maximum absolute atomic E-state index is 12.9. The van der Waals surface area contributed by atoms with Gasteiger partial charge in [-0.05, 0) is 30.5 Å². The molecule has 0 fully saturated rings. The van der Waals surface area contributed by atoms with Gasteiger partial charge in [0, 0.05) is 0 Å². The lowest BCUT2D eigenvalue weighted by Gasteiger charge is -2.14. The Bertz CT molecular complexity index is 529. The minimum atomic E-state index is -5.31. The second-order valence-electron chi connectivity index (χ2n) is 4.41. The molecule has 0 heterocycles. The number of aryl methyl sites for hydroxylation is 1. The lowest BCUT2D eigenvalue weighted by Crippen LogP contribution is -2.34. The molecule has 0 saturated heterocycles. The summed E-state index contributed by atoms with van der Waals surface area (Å²) in [6, 6.07) is 5.89. The molecule has 0 aliphatic carbocycles. The molecular weight excluding hydrogens is 293 g/mol. The number of halogens is 3. The highest BCUT2D eigenvalue weighted by atomic mass is 32.2. The van der Waals surface area contributed by atoms with Crippen molar-refractivity contribution >= 4 is 10.1 Å². The summed E-state index contributed by atoms with van der Waals surface area (Å²) in [4.78, 5) is 0. The van der Waals surface area contributed by atoms with Gasteiger partial charge in [-0.1, -0.05) is 31.9 Å². The molecule has 0 saturated carbocycles. The maximum atomic E-state index is 12.9. The summed E-state index contributed by atoms with van der Waals surface area (Å²) in [6.07, 6.45) is 3.66. The molecule has 3 nitrogen and oxygen atoms in total. The first-order chi connectivity index (χ1) is 9.32. The molecule has 0 N–H and O–H groups in total. The fourth-order valence-corrected chi connectivity index (χ4v) is 2.20. The molecule has 0 radical (unpaired) electrons. The Hall–Kier alpha value is -1.24. The van der Waals surface area contributed by atoms with Gasteiger partial charge in [-0.25, -0.2) is 4.39 Å². The number of benzene rings is 1. The van der Waals surface area contributed by atoms with Crippen LogP contribution in [-0.2, 0) is 16.5 Å². The van der Waals surface area contributed by atoms with Crippen molar-refractivity contribution in [1.29, 1.82) is 0 Å². The first-order valence-electron chi connectivity index (χ1n) is 6.29. The van der Waals surface area contributed by atoms with Crippen LogP contribution in [-0.4, -0.2) is 20.3 Å². The molecule has 0 spiro atoms. The highest BCUT2D eigenvalue weighted by molar-refractivity contribution is 7.88. The van der Waals surface area contributed by atoms with E-state index in [9.17, 15) is 21.6 Å². The van der Waals surface area contributed by atoms with Crippen LogP contribution in [0, 0.1) is 0 Å². The van der Waals surface area contributed by atoms with Crippen LogP contribution in [0.3, 0.4) is 0 Å². The van der Waals surface area contributed by atoms with Crippen molar-refractivity contribution < 1.29 is 25.8 Å². The van der Waals surface area contributed by atoms with Crippen LogP contribution in [0.25, 0.3) is 0 Å². The lowest BCUT2D eigenvalue weighted by atomic mass is 10.1. The van der Waals surface area contributed by atoms with E-state index in [0.717, 1.165) is 24.8 Å². The predicted octanol–water partition coefficient (Wildman–Crippen LogP) is 3.69. The Labute approximate surface area is 116 Å². The van der Waals surface area contributed by atoms with Crippen LogP contribution in [0.5, 0.6) is 5.75 Å². The van der Waals surface area contributed by atoms with E-state index in [4.69, 9.17) is 0 Å². The van der Waals surface area contributed by atoms with E-state index < -0.39 is 22.0 Å². The van der Waals surface area contributed by atoms with Gasteiger partial charge < -0.3 is 4.18 Å². The van der Waals surface area contributed by atoms with Crippen molar-refractivity contribution in [3.8, 4) is 5.75 Å². The molecule has 0 unspecified atom stereocenters. The van der Waals surface area contributed by atoms with E-state index in [1.165, 1.54) is 18.2 Å². The molecule has 20 heavy (non-hydrogen) atoms. The highest BCUT2D eigenvalue weighted by Crippen LogP contribution is 2.27. The summed E-state index contributed by atoms with van der Waals surface area (Å²) in [5.74, 6) is -0.230. The minimum absolute atomic E-state index is 0.230. The van der Waals surface area contributed by atoms with Gasteiger partial charge in [-0.2, -0.15) is 17.2 Å². The van der Waals surface area contributed by atoms with Crippen molar-refractivity contribution in [1.82, 2.24) is 0 Å². The molecule has 1 aromatic carbocycles. The normalized spacial score (nSPS) is 12.4. The Balaban J connectivity index is 2.81. The first-order valence-corrected chi connectivity index (χ1v) is 7.70. The summed E-state index contributed by atoms with van der Waals surface area (Å²) in [7, 11) is -5.31. The van der Waals surface area contributed by atoms with Gasteiger partial charge in [-0.3, -0.25) is 0 Å². The average Bonchev–Trinajstić information content (AvgIpc) is 2.39. The van der Waals surface area contributed by atoms with Gasteiger partial charge in [0.05, 0.1) is 0 Å². The van der Waals surface area contributed by atoms with Crippen LogP contribution < -0.4 is 4.18 Å². The smallest absolute Gasteiger partial charge is 0.378 e. The quantitative estimate of drug-likeness (QED) is 0.543. The molecule has 1 aromatic rings. The molecular formula is C13H17F3O3S. The van der Waals surface area contributed by atoms with E-state index in [2.05, 4.69) is 4.18 Å². The van der Waals surface area contributed by atoms with E-state index in [0.29, 0.717) is 6.42 Å². The summed E-state index contributed by atoms with van der Waals surface area (Å²) >= 11 is 0. The van der Waals surface area contributed by atoms with Crippen LogP contribution in [0.4, 0.5) is 13.2 Å². The molecule has 0 amide bonds. The van der Waals surface area contributed by atoms with Crippen LogP contribution in [0.2, 0.25) is 0 Å². The Morgan fingerprint density at radius 3 is 2.55 bits per heavy atom. The number of alkyl halides is 3.